The monoisotopic (exact) mass is 365 g/mol. The van der Waals surface area contributed by atoms with Gasteiger partial charge >= 0.3 is 0 Å². The molecule has 2 aromatic rings. The van der Waals surface area contributed by atoms with Crippen LogP contribution in [0.2, 0.25) is 0 Å². The number of nitrogens with one attached hydrogen (secondary N) is 1. The predicted molar refractivity (Wildman–Crippen MR) is 94.3 cm³/mol. The molecule has 0 amide bonds. The van der Waals surface area contributed by atoms with Crippen molar-refractivity contribution in [1.82, 2.24) is 9.88 Å². The Morgan fingerprint density at radius 2 is 1.84 bits per heavy atom. The Bertz CT molecular complexity index is 789. The fourth-order valence-corrected chi connectivity index (χ4v) is 4.31. The predicted octanol–water partition coefficient (Wildman–Crippen LogP) is 1.65. The highest BCUT2D eigenvalue weighted by Crippen LogP contribution is 2.19. The fourth-order valence-electron chi connectivity index (χ4n) is 2.96. The quantitative estimate of drug-likeness (QED) is 0.838. The number of ether oxygens (including phenoxy) is 1. The summed E-state index contributed by atoms with van der Waals surface area (Å²) in [6, 6.07) is 8.22. The van der Waals surface area contributed by atoms with Gasteiger partial charge in [-0.3, -0.25) is 0 Å². The first-order valence-electron chi connectivity index (χ1n) is 8.31. The van der Waals surface area contributed by atoms with E-state index in [-0.39, 0.29) is 4.90 Å². The van der Waals surface area contributed by atoms with Gasteiger partial charge in [0, 0.05) is 25.3 Å². The Morgan fingerprint density at radius 1 is 1.16 bits per heavy atom. The Kier molecular flexibility index (Phi) is 5.41. The van der Waals surface area contributed by atoms with Gasteiger partial charge in [0.2, 0.25) is 10.0 Å². The number of morpholine rings is 1. The molecule has 0 radical (unpaired) electrons. The second-order valence-electron chi connectivity index (χ2n) is 6.07. The summed E-state index contributed by atoms with van der Waals surface area (Å²) < 4.78 is 37.6. The van der Waals surface area contributed by atoms with Gasteiger partial charge in [0.25, 0.3) is 0 Å². The summed E-state index contributed by atoms with van der Waals surface area (Å²) in [5.41, 5.74) is 2.63. The number of aromatic nitrogens is 1. The molecule has 8 heteroatoms. The van der Waals surface area contributed by atoms with Crippen LogP contribution in [0.1, 0.15) is 17.0 Å². The number of rotatable bonds is 6. The van der Waals surface area contributed by atoms with Crippen LogP contribution in [0, 0.1) is 13.8 Å². The molecule has 0 atom stereocenters. The summed E-state index contributed by atoms with van der Waals surface area (Å²) in [6.07, 6.45) is 0.617. The summed E-state index contributed by atoms with van der Waals surface area (Å²) in [5, 5.41) is 3.70. The van der Waals surface area contributed by atoms with Crippen LogP contribution in [0.3, 0.4) is 0 Å². The molecule has 25 heavy (non-hydrogen) atoms. The van der Waals surface area contributed by atoms with E-state index in [1.807, 2.05) is 12.1 Å². The van der Waals surface area contributed by atoms with Crippen LogP contribution in [0.4, 0.5) is 5.69 Å². The van der Waals surface area contributed by atoms with Gasteiger partial charge in [-0.2, -0.15) is 0 Å². The zero-order chi connectivity index (χ0) is 17.9. The molecule has 1 aromatic heterocycles. The van der Waals surface area contributed by atoms with Crippen LogP contribution in [0.25, 0.3) is 0 Å². The molecule has 0 bridgehead atoms. The average Bonchev–Trinajstić information content (AvgIpc) is 2.95. The molecule has 0 aliphatic carbocycles. The molecule has 2 heterocycles. The summed E-state index contributed by atoms with van der Waals surface area (Å²) in [6.45, 7) is 6.85. The second kappa shape index (κ2) is 7.55. The SMILES string of the molecule is Cc1noc(C)c1S(=O)(=O)NCCc1ccc(N2CCOCC2)cc1. The third-order valence-corrected chi connectivity index (χ3v) is 5.96. The van der Waals surface area contributed by atoms with Crippen molar-refractivity contribution in [2.24, 2.45) is 0 Å². The van der Waals surface area contributed by atoms with Gasteiger partial charge in [0.05, 0.1) is 13.2 Å². The highest BCUT2D eigenvalue weighted by molar-refractivity contribution is 7.89. The van der Waals surface area contributed by atoms with E-state index < -0.39 is 10.0 Å². The molecular weight excluding hydrogens is 342 g/mol. The number of nitrogens with zero attached hydrogens (tertiary/aromatic N) is 2. The molecule has 1 saturated heterocycles. The number of anilines is 1. The molecule has 1 N–H and O–H groups in total. The van der Waals surface area contributed by atoms with Gasteiger partial charge in [0.15, 0.2) is 5.76 Å². The maximum Gasteiger partial charge on any atom is 0.245 e. The summed E-state index contributed by atoms with van der Waals surface area (Å²) in [5.74, 6) is 0.305. The van der Waals surface area contributed by atoms with E-state index in [4.69, 9.17) is 9.26 Å². The molecule has 1 aliphatic rings. The van der Waals surface area contributed by atoms with Gasteiger partial charge in [-0.25, -0.2) is 13.1 Å². The minimum atomic E-state index is -3.60. The van der Waals surface area contributed by atoms with E-state index in [0.717, 1.165) is 31.9 Å². The van der Waals surface area contributed by atoms with E-state index in [1.54, 1.807) is 13.8 Å². The Hall–Kier alpha value is -1.90. The molecule has 1 fully saturated rings. The van der Waals surface area contributed by atoms with Crippen molar-refractivity contribution in [3.63, 3.8) is 0 Å². The van der Waals surface area contributed by atoms with Crippen molar-refractivity contribution in [3.05, 3.63) is 41.3 Å². The highest BCUT2D eigenvalue weighted by Gasteiger charge is 2.23. The van der Waals surface area contributed by atoms with Crippen LogP contribution in [0.5, 0.6) is 0 Å². The number of hydrogen-bond acceptors (Lipinski definition) is 6. The van der Waals surface area contributed by atoms with Crippen LogP contribution in [0.15, 0.2) is 33.7 Å². The van der Waals surface area contributed by atoms with Crippen LogP contribution < -0.4 is 9.62 Å². The largest absolute Gasteiger partial charge is 0.378 e. The van der Waals surface area contributed by atoms with Crippen LogP contribution in [-0.4, -0.2) is 46.4 Å². The molecule has 7 nitrogen and oxygen atoms in total. The molecule has 0 saturated carbocycles. The van der Waals surface area contributed by atoms with Gasteiger partial charge < -0.3 is 14.2 Å². The van der Waals surface area contributed by atoms with Crippen molar-refractivity contribution in [2.45, 2.75) is 25.2 Å². The second-order valence-corrected chi connectivity index (χ2v) is 7.77. The fraction of sp³-hybridized carbons (Fsp3) is 0.471. The topological polar surface area (TPSA) is 84.7 Å². The van der Waals surface area contributed by atoms with Crippen molar-refractivity contribution in [3.8, 4) is 0 Å². The van der Waals surface area contributed by atoms with E-state index in [2.05, 4.69) is 26.9 Å². The normalized spacial score (nSPS) is 15.5. The number of benzene rings is 1. The summed E-state index contributed by atoms with van der Waals surface area (Å²) in [4.78, 5) is 2.42. The smallest absolute Gasteiger partial charge is 0.245 e. The first kappa shape index (κ1) is 17.9. The van der Waals surface area contributed by atoms with E-state index in [9.17, 15) is 8.42 Å². The van der Waals surface area contributed by atoms with Crippen molar-refractivity contribution in [1.29, 1.82) is 0 Å². The summed E-state index contributed by atoms with van der Waals surface area (Å²) in [7, 11) is -3.60. The first-order valence-corrected chi connectivity index (χ1v) is 9.80. The van der Waals surface area contributed by atoms with Gasteiger partial charge in [-0.05, 0) is 38.0 Å². The maximum atomic E-state index is 12.4. The zero-order valence-electron chi connectivity index (χ0n) is 14.5. The Morgan fingerprint density at radius 3 is 2.44 bits per heavy atom. The van der Waals surface area contributed by atoms with Crippen LogP contribution >= 0.6 is 0 Å². The number of hydrogen-bond donors (Lipinski definition) is 1. The molecule has 1 aliphatic heterocycles. The van der Waals surface area contributed by atoms with Crippen molar-refractivity contribution < 1.29 is 17.7 Å². The lowest BCUT2D eigenvalue weighted by atomic mass is 10.1. The van der Waals surface area contributed by atoms with Gasteiger partial charge in [-0.1, -0.05) is 17.3 Å². The highest BCUT2D eigenvalue weighted by atomic mass is 32.2. The van der Waals surface area contributed by atoms with Crippen molar-refractivity contribution >= 4 is 15.7 Å². The van der Waals surface area contributed by atoms with Crippen LogP contribution in [-0.2, 0) is 21.2 Å². The molecule has 0 unspecified atom stereocenters. The van der Waals surface area contributed by atoms with E-state index in [1.165, 1.54) is 5.69 Å². The number of sulfonamides is 1. The molecule has 136 valence electrons. The number of aryl methyl sites for hydroxylation is 2. The molecule has 3 rings (SSSR count). The molecular formula is C17H23N3O4S. The minimum Gasteiger partial charge on any atom is -0.378 e. The minimum absolute atomic E-state index is 0.134. The lowest BCUT2D eigenvalue weighted by Gasteiger charge is -2.28. The Balaban J connectivity index is 1.57. The van der Waals surface area contributed by atoms with E-state index >= 15 is 0 Å². The van der Waals surface area contributed by atoms with Gasteiger partial charge in [-0.15, -0.1) is 0 Å². The third kappa shape index (κ3) is 4.20. The standard InChI is InChI=1S/C17H23N3O4S/c1-13-17(14(2)24-19-13)25(21,22)18-8-7-15-3-5-16(6-4-15)20-9-11-23-12-10-20/h3-6,18H,7-12H2,1-2H3. The average molecular weight is 365 g/mol. The first-order chi connectivity index (χ1) is 12.0. The lowest BCUT2D eigenvalue weighted by Crippen LogP contribution is -2.36. The lowest BCUT2D eigenvalue weighted by molar-refractivity contribution is 0.122. The molecule has 1 aromatic carbocycles. The zero-order valence-corrected chi connectivity index (χ0v) is 15.3. The van der Waals surface area contributed by atoms with Crippen molar-refractivity contribution in [2.75, 3.05) is 37.7 Å². The third-order valence-electron chi connectivity index (χ3n) is 4.25. The summed E-state index contributed by atoms with van der Waals surface area (Å²) >= 11 is 0. The molecule has 0 spiro atoms. The Labute approximate surface area is 148 Å². The maximum absolute atomic E-state index is 12.4. The van der Waals surface area contributed by atoms with E-state index in [0.29, 0.717) is 24.4 Å². The van der Waals surface area contributed by atoms with Gasteiger partial charge in [0.1, 0.15) is 10.6 Å².